The van der Waals surface area contributed by atoms with Gasteiger partial charge >= 0.3 is 0 Å². The quantitative estimate of drug-likeness (QED) is 0.494. The molecular weight excluding hydrogens is 411 g/mol. The monoisotopic (exact) mass is 430 g/mol. The van der Waals surface area contributed by atoms with E-state index in [1.54, 1.807) is 12.1 Å². The molecule has 1 saturated heterocycles. The third-order valence-corrected chi connectivity index (χ3v) is 6.55. The highest BCUT2D eigenvalue weighted by Crippen LogP contribution is 2.39. The number of carbonyl (C=O) groups excluding carboxylic acids is 1. The van der Waals surface area contributed by atoms with E-state index in [-0.39, 0.29) is 11.9 Å². The summed E-state index contributed by atoms with van der Waals surface area (Å²) in [5.74, 6) is 0.0117. The molecule has 1 amide bonds. The number of para-hydroxylation sites is 1. The van der Waals surface area contributed by atoms with Crippen LogP contribution in [0.2, 0.25) is 10.0 Å². The lowest BCUT2D eigenvalue weighted by molar-refractivity contribution is -0.124. The molecule has 0 bridgehead atoms. The molecule has 0 aromatic heterocycles. The second-order valence-electron chi connectivity index (χ2n) is 6.97. The fourth-order valence-corrected chi connectivity index (χ4v) is 5.11. The minimum atomic E-state index is 0.0117. The molecule has 2 aromatic rings. The molecular formula is C22H20Cl2N2OS. The number of carbonyl (C=O) groups is 1. The summed E-state index contributed by atoms with van der Waals surface area (Å²) in [5.41, 5.74) is 1.64. The van der Waals surface area contributed by atoms with Gasteiger partial charge in [-0.2, -0.15) is 0 Å². The molecule has 144 valence electrons. The van der Waals surface area contributed by atoms with Gasteiger partial charge < -0.3 is 0 Å². The first-order chi connectivity index (χ1) is 13.6. The highest BCUT2D eigenvalue weighted by atomic mass is 35.5. The molecule has 1 saturated carbocycles. The fourth-order valence-electron chi connectivity index (χ4n) is 3.60. The van der Waals surface area contributed by atoms with Crippen molar-refractivity contribution < 1.29 is 4.79 Å². The molecule has 2 aromatic carbocycles. The minimum absolute atomic E-state index is 0.0117. The van der Waals surface area contributed by atoms with Gasteiger partial charge in [0.15, 0.2) is 5.17 Å². The lowest BCUT2D eigenvalue weighted by Crippen LogP contribution is -2.40. The fraction of sp³-hybridized carbons (Fsp3) is 0.273. The third-order valence-electron chi connectivity index (χ3n) is 5.01. The van der Waals surface area contributed by atoms with Crippen molar-refractivity contribution in [3.63, 3.8) is 0 Å². The predicted molar refractivity (Wildman–Crippen MR) is 119 cm³/mol. The van der Waals surface area contributed by atoms with Crippen molar-refractivity contribution in [2.24, 2.45) is 4.99 Å². The lowest BCUT2D eigenvalue weighted by atomic mass is 9.94. The van der Waals surface area contributed by atoms with Gasteiger partial charge in [-0.3, -0.25) is 9.69 Å². The first kappa shape index (κ1) is 19.6. The first-order valence-corrected chi connectivity index (χ1v) is 11.0. The summed E-state index contributed by atoms with van der Waals surface area (Å²) in [6.07, 6.45) is 7.43. The van der Waals surface area contributed by atoms with Crippen molar-refractivity contribution in [1.29, 1.82) is 0 Å². The molecule has 0 atom stereocenters. The molecule has 2 fully saturated rings. The van der Waals surface area contributed by atoms with E-state index < -0.39 is 0 Å². The van der Waals surface area contributed by atoms with E-state index in [1.807, 2.05) is 47.4 Å². The number of hydrogen-bond acceptors (Lipinski definition) is 3. The van der Waals surface area contributed by atoms with Crippen LogP contribution in [-0.2, 0) is 4.79 Å². The van der Waals surface area contributed by atoms with E-state index in [1.165, 1.54) is 18.2 Å². The molecule has 2 aliphatic rings. The van der Waals surface area contributed by atoms with E-state index in [9.17, 15) is 4.79 Å². The van der Waals surface area contributed by atoms with Gasteiger partial charge in [-0.1, -0.05) is 66.7 Å². The van der Waals surface area contributed by atoms with Crippen LogP contribution in [0.4, 0.5) is 5.69 Å². The first-order valence-electron chi connectivity index (χ1n) is 9.44. The Balaban J connectivity index is 1.71. The molecule has 3 nitrogen and oxygen atoms in total. The summed E-state index contributed by atoms with van der Waals surface area (Å²) in [6.45, 7) is 0. The zero-order chi connectivity index (χ0) is 19.5. The van der Waals surface area contributed by atoms with Crippen molar-refractivity contribution >= 4 is 57.8 Å². The van der Waals surface area contributed by atoms with Gasteiger partial charge in [0.1, 0.15) is 0 Å². The number of amidine groups is 1. The summed E-state index contributed by atoms with van der Waals surface area (Å²) in [6, 6.07) is 15.3. The standard InChI is InChI=1S/C22H20Cl2N2OS/c23-16-12-11-15(19(24)14-16)13-20-21(27)26(18-9-5-2-6-10-18)22(28-20)25-17-7-3-1-4-8-17/h1,3-4,7-8,11-14,18H,2,5-6,9-10H2/b20-13-,25-22?. The smallest absolute Gasteiger partial charge is 0.267 e. The maximum Gasteiger partial charge on any atom is 0.267 e. The molecule has 4 rings (SSSR count). The number of thioether (sulfide) groups is 1. The Morgan fingerprint density at radius 2 is 1.79 bits per heavy atom. The Morgan fingerprint density at radius 3 is 2.50 bits per heavy atom. The zero-order valence-corrected chi connectivity index (χ0v) is 17.6. The number of benzene rings is 2. The summed E-state index contributed by atoms with van der Waals surface area (Å²) in [5, 5.41) is 1.86. The van der Waals surface area contributed by atoms with Gasteiger partial charge in [-0.25, -0.2) is 4.99 Å². The average molecular weight is 431 g/mol. The molecule has 28 heavy (non-hydrogen) atoms. The summed E-state index contributed by atoms with van der Waals surface area (Å²) in [4.78, 5) is 20.6. The lowest BCUT2D eigenvalue weighted by Gasteiger charge is -2.30. The number of amides is 1. The van der Waals surface area contributed by atoms with Crippen LogP contribution in [0.1, 0.15) is 37.7 Å². The Morgan fingerprint density at radius 1 is 1.04 bits per heavy atom. The van der Waals surface area contributed by atoms with Crippen molar-refractivity contribution in [2.45, 2.75) is 38.1 Å². The molecule has 1 aliphatic carbocycles. The third kappa shape index (κ3) is 4.29. The van der Waals surface area contributed by atoms with E-state index in [0.29, 0.717) is 15.0 Å². The van der Waals surface area contributed by atoms with Crippen LogP contribution < -0.4 is 0 Å². The van der Waals surface area contributed by atoms with E-state index in [2.05, 4.69) is 0 Å². The normalized spacial score (nSPS) is 21.1. The Hall–Kier alpha value is -1.75. The Bertz CT molecular complexity index is 937. The van der Waals surface area contributed by atoms with Crippen LogP contribution in [0.5, 0.6) is 0 Å². The molecule has 0 unspecified atom stereocenters. The van der Waals surface area contributed by atoms with Crippen LogP contribution in [0.15, 0.2) is 58.4 Å². The Labute approximate surface area is 179 Å². The maximum atomic E-state index is 13.3. The molecule has 6 heteroatoms. The topological polar surface area (TPSA) is 32.7 Å². The van der Waals surface area contributed by atoms with E-state index in [4.69, 9.17) is 28.2 Å². The highest BCUT2D eigenvalue weighted by Gasteiger charge is 2.38. The maximum absolute atomic E-state index is 13.3. The highest BCUT2D eigenvalue weighted by molar-refractivity contribution is 8.18. The van der Waals surface area contributed by atoms with Gasteiger partial charge in [0.25, 0.3) is 5.91 Å². The summed E-state index contributed by atoms with van der Waals surface area (Å²) in [7, 11) is 0. The number of aliphatic imine (C=N–C) groups is 1. The number of halogens is 2. The van der Waals surface area contributed by atoms with Gasteiger partial charge in [-0.05, 0) is 60.5 Å². The van der Waals surface area contributed by atoms with Gasteiger partial charge in [0.05, 0.1) is 10.6 Å². The zero-order valence-electron chi connectivity index (χ0n) is 15.3. The van der Waals surface area contributed by atoms with Crippen LogP contribution in [0, 0.1) is 0 Å². The number of nitrogens with zero attached hydrogens (tertiary/aromatic N) is 2. The molecule has 1 aliphatic heterocycles. The summed E-state index contributed by atoms with van der Waals surface area (Å²) >= 11 is 13.7. The summed E-state index contributed by atoms with van der Waals surface area (Å²) < 4.78 is 0. The molecule has 0 N–H and O–H groups in total. The number of rotatable bonds is 3. The van der Waals surface area contributed by atoms with Crippen LogP contribution in [-0.4, -0.2) is 22.0 Å². The van der Waals surface area contributed by atoms with E-state index >= 15 is 0 Å². The van der Waals surface area contributed by atoms with Crippen LogP contribution >= 0.6 is 35.0 Å². The van der Waals surface area contributed by atoms with Gasteiger partial charge in [-0.15, -0.1) is 0 Å². The minimum Gasteiger partial charge on any atom is -0.283 e. The molecule has 0 radical (unpaired) electrons. The second-order valence-corrected chi connectivity index (χ2v) is 8.83. The van der Waals surface area contributed by atoms with E-state index in [0.717, 1.165) is 42.1 Å². The van der Waals surface area contributed by atoms with Gasteiger partial charge in [0.2, 0.25) is 0 Å². The Kier molecular flexibility index (Phi) is 6.10. The van der Waals surface area contributed by atoms with Crippen LogP contribution in [0.25, 0.3) is 6.08 Å². The average Bonchev–Trinajstić information content (AvgIpc) is 3.00. The largest absolute Gasteiger partial charge is 0.283 e. The van der Waals surface area contributed by atoms with Gasteiger partial charge in [0, 0.05) is 16.1 Å². The van der Waals surface area contributed by atoms with Crippen molar-refractivity contribution in [1.82, 2.24) is 4.90 Å². The predicted octanol–water partition coefficient (Wildman–Crippen LogP) is 6.93. The van der Waals surface area contributed by atoms with Crippen LogP contribution in [0.3, 0.4) is 0 Å². The SMILES string of the molecule is O=C1/C(=C/c2ccc(Cl)cc2Cl)SC(=Nc2ccccc2)N1C1CCCCC1. The molecule has 0 spiro atoms. The van der Waals surface area contributed by atoms with Crippen molar-refractivity contribution in [2.75, 3.05) is 0 Å². The molecule has 1 heterocycles. The second kappa shape index (κ2) is 8.73. The van der Waals surface area contributed by atoms with Crippen molar-refractivity contribution in [3.05, 3.63) is 69.0 Å². The van der Waals surface area contributed by atoms with Crippen molar-refractivity contribution in [3.8, 4) is 0 Å². The number of hydrogen-bond donors (Lipinski definition) is 0.